The molecule has 1 aliphatic rings. The highest BCUT2D eigenvalue weighted by atomic mass is 16.5. The molecular formula is C14H14N2O3. The molecule has 0 radical (unpaired) electrons. The van der Waals surface area contributed by atoms with Crippen molar-refractivity contribution in [2.75, 3.05) is 20.3 Å². The summed E-state index contributed by atoms with van der Waals surface area (Å²) in [6.07, 6.45) is 1.73. The van der Waals surface area contributed by atoms with E-state index in [9.17, 15) is 4.79 Å². The van der Waals surface area contributed by atoms with Crippen molar-refractivity contribution >= 4 is 5.97 Å². The van der Waals surface area contributed by atoms with E-state index in [1.54, 1.807) is 6.20 Å². The highest BCUT2D eigenvalue weighted by Crippen LogP contribution is 2.33. The van der Waals surface area contributed by atoms with Gasteiger partial charge < -0.3 is 14.5 Å². The van der Waals surface area contributed by atoms with Crippen LogP contribution in [0.25, 0.3) is 11.3 Å². The van der Waals surface area contributed by atoms with E-state index in [2.05, 4.69) is 9.97 Å². The quantitative estimate of drug-likeness (QED) is 0.848. The van der Waals surface area contributed by atoms with Gasteiger partial charge in [-0.25, -0.2) is 4.98 Å². The fourth-order valence-corrected chi connectivity index (χ4v) is 2.18. The Morgan fingerprint density at radius 1 is 1.37 bits per heavy atom. The summed E-state index contributed by atoms with van der Waals surface area (Å²) in [5, 5.41) is 0. The van der Waals surface area contributed by atoms with Crippen LogP contribution in [0.4, 0.5) is 0 Å². The molecule has 3 rings (SSSR count). The van der Waals surface area contributed by atoms with Gasteiger partial charge in [0.05, 0.1) is 32.2 Å². The lowest BCUT2D eigenvalue weighted by Crippen LogP contribution is -2.54. The molecule has 1 N–H and O–H groups in total. The number of aromatic nitrogens is 2. The van der Waals surface area contributed by atoms with Crippen molar-refractivity contribution in [2.24, 2.45) is 0 Å². The fourth-order valence-electron chi connectivity index (χ4n) is 2.18. The number of hydrogen-bond acceptors (Lipinski definition) is 4. The third kappa shape index (κ3) is 1.82. The van der Waals surface area contributed by atoms with Gasteiger partial charge in [-0.15, -0.1) is 0 Å². The van der Waals surface area contributed by atoms with Crippen LogP contribution in [0.1, 0.15) is 5.82 Å². The molecule has 0 bridgehead atoms. The summed E-state index contributed by atoms with van der Waals surface area (Å²) in [6.45, 7) is 0.614. The molecule has 5 nitrogen and oxygen atoms in total. The Morgan fingerprint density at radius 2 is 2.11 bits per heavy atom. The number of hydrogen-bond donors (Lipinski definition) is 1. The molecule has 0 atom stereocenters. The number of carbonyl (C=O) groups is 1. The number of esters is 1. The van der Waals surface area contributed by atoms with Crippen LogP contribution < -0.4 is 0 Å². The van der Waals surface area contributed by atoms with Crippen molar-refractivity contribution in [3.63, 3.8) is 0 Å². The van der Waals surface area contributed by atoms with Crippen LogP contribution in [0, 0.1) is 0 Å². The van der Waals surface area contributed by atoms with Crippen molar-refractivity contribution in [1.29, 1.82) is 0 Å². The second-order valence-corrected chi connectivity index (χ2v) is 4.58. The lowest BCUT2D eigenvalue weighted by molar-refractivity contribution is -0.167. The second kappa shape index (κ2) is 4.51. The Hall–Kier alpha value is -2.14. The first-order valence-corrected chi connectivity index (χ1v) is 6.03. The number of carbonyl (C=O) groups excluding carboxylic acids is 1. The van der Waals surface area contributed by atoms with Crippen molar-refractivity contribution in [3.05, 3.63) is 42.4 Å². The SMILES string of the molecule is COC(=O)C1(c2ncc(-c3ccccc3)[nH]2)COC1. The van der Waals surface area contributed by atoms with E-state index in [-0.39, 0.29) is 5.97 Å². The Bertz CT molecular complexity index is 588. The van der Waals surface area contributed by atoms with Crippen molar-refractivity contribution in [1.82, 2.24) is 9.97 Å². The van der Waals surface area contributed by atoms with Crippen LogP contribution in [0.15, 0.2) is 36.5 Å². The number of imidazole rings is 1. The number of ether oxygens (including phenoxy) is 2. The summed E-state index contributed by atoms with van der Waals surface area (Å²) in [4.78, 5) is 19.4. The Kier molecular flexibility index (Phi) is 2.83. The minimum Gasteiger partial charge on any atom is -0.468 e. The second-order valence-electron chi connectivity index (χ2n) is 4.58. The van der Waals surface area contributed by atoms with Gasteiger partial charge in [-0.05, 0) is 5.56 Å². The smallest absolute Gasteiger partial charge is 0.324 e. The van der Waals surface area contributed by atoms with Crippen molar-refractivity contribution in [3.8, 4) is 11.3 Å². The van der Waals surface area contributed by atoms with Crippen LogP contribution in [0.5, 0.6) is 0 Å². The predicted octanol–water partition coefficient (Wildman–Crippen LogP) is 1.52. The summed E-state index contributed by atoms with van der Waals surface area (Å²) in [5.74, 6) is 0.289. The minimum absolute atomic E-state index is 0.307. The average Bonchev–Trinajstić information content (AvgIpc) is 2.88. The van der Waals surface area contributed by atoms with E-state index in [4.69, 9.17) is 9.47 Å². The van der Waals surface area contributed by atoms with Gasteiger partial charge in [0.1, 0.15) is 5.82 Å². The van der Waals surface area contributed by atoms with Crippen LogP contribution in [-0.2, 0) is 19.7 Å². The number of aromatic amines is 1. The molecule has 0 aliphatic carbocycles. The van der Waals surface area contributed by atoms with Gasteiger partial charge in [-0.2, -0.15) is 0 Å². The first kappa shape index (κ1) is 11.9. The molecule has 1 aromatic carbocycles. The molecule has 19 heavy (non-hydrogen) atoms. The normalized spacial score (nSPS) is 16.7. The lowest BCUT2D eigenvalue weighted by atomic mass is 9.85. The summed E-state index contributed by atoms with van der Waals surface area (Å²) >= 11 is 0. The average molecular weight is 258 g/mol. The minimum atomic E-state index is -0.776. The molecule has 0 amide bonds. The molecule has 1 aliphatic heterocycles. The molecule has 98 valence electrons. The van der Waals surface area contributed by atoms with Crippen LogP contribution >= 0.6 is 0 Å². The number of nitrogens with one attached hydrogen (secondary N) is 1. The number of rotatable bonds is 3. The zero-order chi connectivity index (χ0) is 13.3. The molecule has 1 saturated heterocycles. The topological polar surface area (TPSA) is 64.2 Å². The van der Waals surface area contributed by atoms with E-state index in [1.165, 1.54) is 7.11 Å². The fraction of sp³-hybridized carbons (Fsp3) is 0.286. The van der Waals surface area contributed by atoms with Crippen molar-refractivity contribution < 1.29 is 14.3 Å². The summed E-state index contributed by atoms with van der Waals surface area (Å²) < 4.78 is 10.0. The third-order valence-corrected chi connectivity index (χ3v) is 3.39. The molecule has 2 heterocycles. The van der Waals surface area contributed by atoms with Gasteiger partial charge in [-0.3, -0.25) is 4.79 Å². The van der Waals surface area contributed by atoms with Gasteiger partial charge in [0, 0.05) is 0 Å². The highest BCUT2D eigenvalue weighted by Gasteiger charge is 2.51. The summed E-state index contributed by atoms with van der Waals surface area (Å²) in [6, 6.07) is 9.84. The molecule has 0 saturated carbocycles. The standard InChI is InChI=1S/C14H14N2O3/c1-18-13(17)14(8-19-9-14)12-15-7-11(16-12)10-5-3-2-4-6-10/h2-7H,8-9H2,1H3,(H,15,16). The van der Waals surface area contributed by atoms with Crippen LogP contribution in [0.3, 0.4) is 0 Å². The first-order chi connectivity index (χ1) is 9.26. The Labute approximate surface area is 110 Å². The lowest BCUT2D eigenvalue weighted by Gasteiger charge is -2.36. The zero-order valence-corrected chi connectivity index (χ0v) is 10.6. The zero-order valence-electron chi connectivity index (χ0n) is 10.6. The number of nitrogens with zero attached hydrogens (tertiary/aromatic N) is 1. The first-order valence-electron chi connectivity index (χ1n) is 6.03. The van der Waals surface area contributed by atoms with E-state index in [1.807, 2.05) is 30.3 Å². The molecular weight excluding hydrogens is 244 g/mol. The molecule has 0 unspecified atom stereocenters. The molecule has 0 spiro atoms. The van der Waals surface area contributed by atoms with E-state index < -0.39 is 5.41 Å². The maximum Gasteiger partial charge on any atom is 0.324 e. The molecule has 5 heteroatoms. The third-order valence-electron chi connectivity index (χ3n) is 3.39. The Balaban J connectivity index is 1.95. The number of benzene rings is 1. The van der Waals surface area contributed by atoms with Gasteiger partial charge in [0.15, 0.2) is 5.41 Å². The monoisotopic (exact) mass is 258 g/mol. The molecule has 2 aromatic rings. The maximum atomic E-state index is 11.9. The highest BCUT2D eigenvalue weighted by molar-refractivity contribution is 5.83. The van der Waals surface area contributed by atoms with Crippen molar-refractivity contribution in [2.45, 2.75) is 5.41 Å². The van der Waals surface area contributed by atoms with E-state index >= 15 is 0 Å². The van der Waals surface area contributed by atoms with Gasteiger partial charge in [0.2, 0.25) is 0 Å². The summed E-state index contributed by atoms with van der Waals surface area (Å²) in [7, 11) is 1.38. The largest absolute Gasteiger partial charge is 0.468 e. The number of H-pyrrole nitrogens is 1. The van der Waals surface area contributed by atoms with Gasteiger partial charge in [0.25, 0.3) is 0 Å². The predicted molar refractivity (Wildman–Crippen MR) is 68.5 cm³/mol. The molecule has 1 aromatic heterocycles. The van der Waals surface area contributed by atoms with Gasteiger partial charge in [-0.1, -0.05) is 30.3 Å². The van der Waals surface area contributed by atoms with Gasteiger partial charge >= 0.3 is 5.97 Å². The summed E-state index contributed by atoms with van der Waals surface area (Å²) in [5.41, 5.74) is 1.13. The van der Waals surface area contributed by atoms with E-state index in [0.717, 1.165) is 11.3 Å². The number of methoxy groups -OCH3 is 1. The van der Waals surface area contributed by atoms with Crippen LogP contribution in [-0.4, -0.2) is 36.3 Å². The van der Waals surface area contributed by atoms with Crippen LogP contribution in [0.2, 0.25) is 0 Å². The van der Waals surface area contributed by atoms with E-state index in [0.29, 0.717) is 19.0 Å². The maximum absolute atomic E-state index is 11.9. The Morgan fingerprint density at radius 3 is 2.68 bits per heavy atom. The molecule has 1 fully saturated rings.